The van der Waals surface area contributed by atoms with E-state index in [0.29, 0.717) is 6.61 Å². The molecule has 0 aliphatic carbocycles. The third-order valence-electron chi connectivity index (χ3n) is 0.348. The van der Waals surface area contributed by atoms with Crippen LogP contribution in [-0.2, 0) is 19.1 Å². The van der Waals surface area contributed by atoms with Crippen molar-refractivity contribution >= 4 is 17.5 Å². The molecular weight excluding hydrogens is 200 g/mol. The lowest BCUT2D eigenvalue weighted by Crippen LogP contribution is -1.95. The van der Waals surface area contributed by atoms with Gasteiger partial charge in [0.05, 0.1) is 6.61 Å². The largest absolute Gasteiger partial charge is 0.466 e. The summed E-state index contributed by atoms with van der Waals surface area (Å²) in [6.07, 6.45) is 0. The second-order valence-electron chi connectivity index (χ2n) is 2.74. The average Bonchev–Trinajstić information content (AvgIpc) is 1.82. The molecule has 2 N–H and O–H groups in total. The van der Waals surface area contributed by atoms with Gasteiger partial charge in [-0.15, -0.1) is 0 Å². The van der Waals surface area contributed by atoms with E-state index in [1.165, 1.54) is 34.6 Å². The number of carbonyl (C=O) groups excluding carboxylic acids is 3. The van der Waals surface area contributed by atoms with Crippen molar-refractivity contribution in [2.75, 3.05) is 6.61 Å². The molecule has 0 aliphatic heterocycles. The van der Waals surface area contributed by atoms with Crippen LogP contribution in [0, 0.1) is 0 Å². The molecule has 0 aliphatic rings. The van der Waals surface area contributed by atoms with E-state index in [-0.39, 0.29) is 23.0 Å². The summed E-state index contributed by atoms with van der Waals surface area (Å²) >= 11 is 0. The number of hydrogen-bond donors (Lipinski definition) is 0. The molecule has 0 saturated heterocycles. The Hall–Kier alpha value is -1.23. The molecule has 0 atom stereocenters. The fraction of sp³-hybridized carbons (Fsp3) is 0.700. The van der Waals surface area contributed by atoms with Crippen LogP contribution in [0.15, 0.2) is 0 Å². The topological polar surface area (TPSA) is 91.9 Å². The second-order valence-corrected chi connectivity index (χ2v) is 2.74. The number of Topliss-reactive ketones (excluding diaryl/α,β-unsaturated/α-hetero) is 2. The SMILES string of the molecule is CC(C)=O.CC(C)=O.CCOC(C)=O.O. The normalized spacial score (nSPS) is 6.53. The van der Waals surface area contributed by atoms with Crippen LogP contribution in [0.3, 0.4) is 0 Å². The fourth-order valence-corrected chi connectivity index (χ4v) is 0.203. The predicted molar refractivity (Wildman–Crippen MR) is 58.6 cm³/mol. The molecule has 15 heavy (non-hydrogen) atoms. The quantitative estimate of drug-likeness (QED) is 0.617. The summed E-state index contributed by atoms with van der Waals surface area (Å²) in [5, 5.41) is 0. The zero-order valence-corrected chi connectivity index (χ0v) is 10.3. The Labute approximate surface area is 91.1 Å². The monoisotopic (exact) mass is 222 g/mol. The van der Waals surface area contributed by atoms with Crippen molar-refractivity contribution in [2.24, 2.45) is 0 Å². The lowest BCUT2D eigenvalue weighted by atomic mass is 10.6. The van der Waals surface area contributed by atoms with E-state index < -0.39 is 0 Å². The van der Waals surface area contributed by atoms with E-state index in [4.69, 9.17) is 0 Å². The van der Waals surface area contributed by atoms with E-state index in [0.717, 1.165) is 0 Å². The maximum absolute atomic E-state index is 9.82. The molecule has 0 unspecified atom stereocenters. The summed E-state index contributed by atoms with van der Waals surface area (Å²) in [6, 6.07) is 0. The molecule has 0 heterocycles. The standard InChI is InChI=1S/C4H8O2.2C3H6O.H2O/c1-3-6-4(2)5;2*1-3(2)4;/h3H2,1-2H3;2*1-2H3;1H2. The van der Waals surface area contributed by atoms with Gasteiger partial charge in [0, 0.05) is 6.92 Å². The van der Waals surface area contributed by atoms with E-state index in [9.17, 15) is 14.4 Å². The van der Waals surface area contributed by atoms with Crippen LogP contribution in [0.1, 0.15) is 41.5 Å². The minimum Gasteiger partial charge on any atom is -0.466 e. The summed E-state index contributed by atoms with van der Waals surface area (Å²) < 4.78 is 4.40. The van der Waals surface area contributed by atoms with Gasteiger partial charge >= 0.3 is 5.97 Å². The number of rotatable bonds is 1. The third-order valence-corrected chi connectivity index (χ3v) is 0.348. The van der Waals surface area contributed by atoms with Gasteiger partial charge < -0.3 is 19.8 Å². The molecule has 5 nitrogen and oxygen atoms in total. The fourth-order valence-electron chi connectivity index (χ4n) is 0.203. The molecule has 0 aromatic heterocycles. The van der Waals surface area contributed by atoms with Crippen molar-refractivity contribution in [3.63, 3.8) is 0 Å². The average molecular weight is 222 g/mol. The number of esters is 1. The van der Waals surface area contributed by atoms with Gasteiger partial charge in [0.2, 0.25) is 0 Å². The highest BCUT2D eigenvalue weighted by Crippen LogP contribution is 1.69. The molecule has 0 saturated carbocycles. The Balaban J connectivity index is -0.0000000606. The minimum absolute atomic E-state index is 0. The van der Waals surface area contributed by atoms with E-state index in [1.54, 1.807) is 6.92 Å². The van der Waals surface area contributed by atoms with Crippen LogP contribution in [-0.4, -0.2) is 29.6 Å². The molecule has 0 fully saturated rings. The van der Waals surface area contributed by atoms with Gasteiger partial charge in [0.15, 0.2) is 0 Å². The van der Waals surface area contributed by atoms with Crippen molar-refractivity contribution in [1.29, 1.82) is 0 Å². The van der Waals surface area contributed by atoms with Gasteiger partial charge in [-0.25, -0.2) is 0 Å². The lowest BCUT2D eigenvalue weighted by Gasteiger charge is -1.89. The van der Waals surface area contributed by atoms with E-state index >= 15 is 0 Å². The van der Waals surface area contributed by atoms with Crippen LogP contribution in [0.25, 0.3) is 0 Å². The van der Waals surface area contributed by atoms with Gasteiger partial charge in [-0.1, -0.05) is 0 Å². The molecule has 0 bridgehead atoms. The van der Waals surface area contributed by atoms with Gasteiger partial charge in [-0.05, 0) is 34.6 Å². The van der Waals surface area contributed by atoms with E-state index in [2.05, 4.69) is 4.74 Å². The Kier molecular flexibility index (Phi) is 29.1. The van der Waals surface area contributed by atoms with Crippen molar-refractivity contribution in [2.45, 2.75) is 41.5 Å². The van der Waals surface area contributed by atoms with Gasteiger partial charge in [0.1, 0.15) is 11.6 Å². The Bertz CT molecular complexity index is 155. The van der Waals surface area contributed by atoms with Crippen LogP contribution >= 0.6 is 0 Å². The lowest BCUT2D eigenvalue weighted by molar-refractivity contribution is -0.140. The number of ether oxygens (including phenoxy) is 1. The summed E-state index contributed by atoms with van der Waals surface area (Å²) in [4.78, 5) is 28.7. The summed E-state index contributed by atoms with van der Waals surface area (Å²) in [5.74, 6) is 0.123. The van der Waals surface area contributed by atoms with Crippen LogP contribution < -0.4 is 0 Å². The number of hydrogen-bond acceptors (Lipinski definition) is 4. The van der Waals surface area contributed by atoms with Crippen molar-refractivity contribution in [3.8, 4) is 0 Å². The van der Waals surface area contributed by atoms with Crippen LogP contribution in [0.2, 0.25) is 0 Å². The second kappa shape index (κ2) is 18.5. The first-order chi connectivity index (χ1) is 6.23. The molecule has 0 aromatic carbocycles. The summed E-state index contributed by atoms with van der Waals surface area (Å²) in [7, 11) is 0. The first kappa shape index (κ1) is 23.5. The summed E-state index contributed by atoms with van der Waals surface area (Å²) in [5.41, 5.74) is 0. The Morgan fingerprint density at radius 1 is 0.867 bits per heavy atom. The highest BCUT2D eigenvalue weighted by Gasteiger charge is 1.81. The van der Waals surface area contributed by atoms with E-state index in [1.807, 2.05) is 0 Å². The number of carbonyl (C=O) groups is 3. The molecule has 92 valence electrons. The van der Waals surface area contributed by atoms with Crippen LogP contribution in [0.5, 0.6) is 0 Å². The zero-order valence-electron chi connectivity index (χ0n) is 10.3. The molecule has 5 heteroatoms. The molecule has 0 radical (unpaired) electrons. The van der Waals surface area contributed by atoms with Crippen molar-refractivity contribution in [1.82, 2.24) is 0 Å². The highest BCUT2D eigenvalue weighted by atomic mass is 16.5. The van der Waals surface area contributed by atoms with Crippen molar-refractivity contribution in [3.05, 3.63) is 0 Å². The zero-order chi connectivity index (χ0) is 12.1. The molecule has 0 aromatic rings. The van der Waals surface area contributed by atoms with Gasteiger partial charge in [-0.2, -0.15) is 0 Å². The van der Waals surface area contributed by atoms with Gasteiger partial charge in [-0.3, -0.25) is 4.79 Å². The number of ketones is 2. The highest BCUT2D eigenvalue weighted by molar-refractivity contribution is 5.72. The Morgan fingerprint density at radius 3 is 1.07 bits per heavy atom. The predicted octanol–water partition coefficient (Wildman–Crippen LogP) is 0.935. The Morgan fingerprint density at radius 2 is 1.07 bits per heavy atom. The summed E-state index contributed by atoms with van der Waals surface area (Å²) in [6.45, 7) is 9.76. The minimum atomic E-state index is -0.211. The third kappa shape index (κ3) is 473. The smallest absolute Gasteiger partial charge is 0.302 e. The molecule has 0 rings (SSSR count). The first-order valence-corrected chi connectivity index (χ1v) is 4.31. The molecule has 0 spiro atoms. The van der Waals surface area contributed by atoms with Crippen molar-refractivity contribution < 1.29 is 24.6 Å². The molecular formula is C10H22O5. The van der Waals surface area contributed by atoms with Crippen LogP contribution in [0.4, 0.5) is 0 Å². The first-order valence-electron chi connectivity index (χ1n) is 4.31. The maximum atomic E-state index is 9.82. The van der Waals surface area contributed by atoms with Gasteiger partial charge in [0.25, 0.3) is 0 Å². The maximum Gasteiger partial charge on any atom is 0.302 e. The molecule has 0 amide bonds.